The lowest BCUT2D eigenvalue weighted by Crippen LogP contribution is -2.31. The average molecular weight is 444 g/mol. The van der Waals surface area contributed by atoms with Crippen molar-refractivity contribution < 1.29 is 9.53 Å². The summed E-state index contributed by atoms with van der Waals surface area (Å²) in [6.07, 6.45) is 1.50. The summed E-state index contributed by atoms with van der Waals surface area (Å²) in [4.78, 5) is 27.5. The minimum atomic E-state index is -0.634. The molecule has 3 aromatic rings. The molecule has 0 saturated heterocycles. The van der Waals surface area contributed by atoms with Crippen molar-refractivity contribution in [3.63, 3.8) is 0 Å². The Bertz CT molecular complexity index is 1270. The zero-order valence-corrected chi connectivity index (χ0v) is 18.9. The summed E-state index contributed by atoms with van der Waals surface area (Å²) >= 11 is 0. The van der Waals surface area contributed by atoms with E-state index in [1.165, 1.54) is 13.1 Å². The van der Waals surface area contributed by atoms with Crippen molar-refractivity contribution in [2.45, 2.75) is 13.8 Å². The van der Waals surface area contributed by atoms with Gasteiger partial charge in [0.25, 0.3) is 11.5 Å². The van der Waals surface area contributed by atoms with Gasteiger partial charge in [-0.2, -0.15) is 20.1 Å². The molecule has 2 aromatic carbocycles. The Morgan fingerprint density at radius 1 is 1.21 bits per heavy atom. The minimum Gasteiger partial charge on any atom is -0.494 e. The Kier molecular flexibility index (Phi) is 7.20. The third kappa shape index (κ3) is 5.25. The SMILES string of the molecule is CCOc1ccc(-n2nc(C(=O)N/N=C/c3ccc(N(C)C)cc3)c(C)c(C#N)c2=O)cc1. The highest BCUT2D eigenvalue weighted by atomic mass is 16.5. The van der Waals surface area contributed by atoms with Gasteiger partial charge in [0, 0.05) is 25.3 Å². The van der Waals surface area contributed by atoms with Crippen LogP contribution in [0.4, 0.5) is 5.69 Å². The molecule has 1 amide bonds. The van der Waals surface area contributed by atoms with Crippen molar-refractivity contribution in [1.29, 1.82) is 5.26 Å². The number of benzene rings is 2. The number of nitriles is 1. The Morgan fingerprint density at radius 2 is 1.88 bits per heavy atom. The first-order valence-electron chi connectivity index (χ1n) is 10.2. The van der Waals surface area contributed by atoms with E-state index in [-0.39, 0.29) is 16.8 Å². The van der Waals surface area contributed by atoms with Crippen LogP contribution in [0.3, 0.4) is 0 Å². The van der Waals surface area contributed by atoms with E-state index in [1.54, 1.807) is 24.3 Å². The molecule has 33 heavy (non-hydrogen) atoms. The number of hydrazone groups is 1. The fourth-order valence-corrected chi connectivity index (χ4v) is 3.05. The fraction of sp³-hybridized carbons (Fsp3) is 0.208. The summed E-state index contributed by atoms with van der Waals surface area (Å²) in [6.45, 7) is 3.88. The van der Waals surface area contributed by atoms with Crippen LogP contribution in [-0.4, -0.2) is 42.6 Å². The average Bonchev–Trinajstić information content (AvgIpc) is 2.81. The monoisotopic (exact) mass is 444 g/mol. The normalized spacial score (nSPS) is 10.6. The number of carbonyl (C=O) groups excluding carboxylic acids is 1. The number of amides is 1. The van der Waals surface area contributed by atoms with Gasteiger partial charge in [0.1, 0.15) is 17.4 Å². The molecule has 0 radical (unpaired) electrons. The van der Waals surface area contributed by atoms with Gasteiger partial charge < -0.3 is 9.64 Å². The van der Waals surface area contributed by atoms with Gasteiger partial charge in [0.2, 0.25) is 0 Å². The number of anilines is 1. The number of carbonyl (C=O) groups is 1. The lowest BCUT2D eigenvalue weighted by Gasteiger charge is -2.12. The second-order valence-corrected chi connectivity index (χ2v) is 7.29. The van der Waals surface area contributed by atoms with Gasteiger partial charge in [-0.15, -0.1) is 0 Å². The first-order chi connectivity index (χ1) is 15.8. The molecule has 0 saturated carbocycles. The largest absolute Gasteiger partial charge is 0.494 e. The molecule has 1 heterocycles. The maximum atomic E-state index is 12.8. The van der Waals surface area contributed by atoms with Crippen molar-refractivity contribution in [3.05, 3.63) is 81.3 Å². The van der Waals surface area contributed by atoms with E-state index in [2.05, 4.69) is 15.6 Å². The second-order valence-electron chi connectivity index (χ2n) is 7.29. The van der Waals surface area contributed by atoms with Crippen LogP contribution in [0.5, 0.6) is 5.75 Å². The molecule has 0 aliphatic heterocycles. The van der Waals surface area contributed by atoms with E-state index in [0.29, 0.717) is 18.0 Å². The predicted molar refractivity (Wildman–Crippen MR) is 126 cm³/mol. The Morgan fingerprint density at radius 3 is 2.45 bits per heavy atom. The van der Waals surface area contributed by atoms with Crippen molar-refractivity contribution in [2.75, 3.05) is 25.6 Å². The molecule has 0 aliphatic carbocycles. The highest BCUT2D eigenvalue weighted by Gasteiger charge is 2.20. The number of ether oxygens (including phenoxy) is 1. The van der Waals surface area contributed by atoms with Crippen molar-refractivity contribution in [1.82, 2.24) is 15.2 Å². The predicted octanol–water partition coefficient (Wildman–Crippen LogP) is 2.64. The van der Waals surface area contributed by atoms with Gasteiger partial charge in [-0.05, 0) is 55.8 Å². The first-order valence-corrected chi connectivity index (χ1v) is 10.2. The molecular weight excluding hydrogens is 420 g/mol. The smallest absolute Gasteiger partial charge is 0.292 e. The van der Waals surface area contributed by atoms with Crippen molar-refractivity contribution in [2.24, 2.45) is 5.10 Å². The van der Waals surface area contributed by atoms with Crippen LogP contribution >= 0.6 is 0 Å². The number of nitrogens with zero attached hydrogens (tertiary/aromatic N) is 5. The lowest BCUT2D eigenvalue weighted by atomic mass is 10.1. The Hall–Kier alpha value is -4.45. The Balaban J connectivity index is 1.88. The van der Waals surface area contributed by atoms with Gasteiger partial charge in [-0.25, -0.2) is 5.43 Å². The van der Waals surface area contributed by atoms with Crippen LogP contribution in [0, 0.1) is 18.3 Å². The molecule has 0 fully saturated rings. The highest BCUT2D eigenvalue weighted by Crippen LogP contribution is 2.15. The lowest BCUT2D eigenvalue weighted by molar-refractivity contribution is 0.0947. The van der Waals surface area contributed by atoms with E-state index in [1.807, 2.05) is 56.3 Å². The standard InChI is InChI=1S/C24H24N6O3/c1-5-33-20-12-10-19(11-13-20)30-24(32)21(14-25)16(2)22(28-30)23(31)27-26-15-17-6-8-18(9-7-17)29(3)4/h6-13,15H,5H2,1-4H3,(H,27,31)/b26-15+. The van der Waals surface area contributed by atoms with Gasteiger partial charge in [0.15, 0.2) is 5.69 Å². The molecule has 168 valence electrons. The first kappa shape index (κ1) is 23.2. The zero-order valence-electron chi connectivity index (χ0n) is 18.9. The van der Waals surface area contributed by atoms with E-state index < -0.39 is 11.5 Å². The fourth-order valence-electron chi connectivity index (χ4n) is 3.05. The summed E-state index contributed by atoms with van der Waals surface area (Å²) in [5.74, 6) is -0.00214. The van der Waals surface area contributed by atoms with Gasteiger partial charge in [-0.3, -0.25) is 9.59 Å². The highest BCUT2D eigenvalue weighted by molar-refractivity contribution is 5.94. The summed E-state index contributed by atoms with van der Waals surface area (Å²) in [6, 6.07) is 16.1. The van der Waals surface area contributed by atoms with Gasteiger partial charge >= 0.3 is 0 Å². The van der Waals surface area contributed by atoms with E-state index in [0.717, 1.165) is 15.9 Å². The van der Waals surface area contributed by atoms with Gasteiger partial charge in [-0.1, -0.05) is 12.1 Å². The second kappa shape index (κ2) is 10.2. The number of hydrogen-bond donors (Lipinski definition) is 1. The van der Waals surface area contributed by atoms with Crippen LogP contribution in [-0.2, 0) is 0 Å². The molecule has 1 N–H and O–H groups in total. The maximum Gasteiger partial charge on any atom is 0.292 e. The number of aromatic nitrogens is 2. The van der Waals surface area contributed by atoms with Crippen LogP contribution in [0.25, 0.3) is 5.69 Å². The third-order valence-corrected chi connectivity index (χ3v) is 4.84. The molecule has 9 heteroatoms. The number of hydrogen-bond acceptors (Lipinski definition) is 7. The quantitative estimate of drug-likeness (QED) is 0.443. The molecule has 3 rings (SSSR count). The van der Waals surface area contributed by atoms with Crippen LogP contribution in [0.2, 0.25) is 0 Å². The van der Waals surface area contributed by atoms with Crippen LogP contribution in [0.1, 0.15) is 34.1 Å². The molecule has 1 aromatic heterocycles. The zero-order chi connectivity index (χ0) is 24.0. The maximum absolute atomic E-state index is 12.8. The summed E-state index contributed by atoms with van der Waals surface area (Å²) < 4.78 is 6.44. The molecule has 0 bridgehead atoms. The summed E-state index contributed by atoms with van der Waals surface area (Å²) in [7, 11) is 3.89. The minimum absolute atomic E-state index is 0.0693. The molecule has 0 unspecified atom stereocenters. The van der Waals surface area contributed by atoms with Crippen LogP contribution in [0.15, 0.2) is 58.4 Å². The number of rotatable bonds is 7. The van der Waals surface area contributed by atoms with Crippen molar-refractivity contribution >= 4 is 17.8 Å². The molecular formula is C24H24N6O3. The third-order valence-electron chi connectivity index (χ3n) is 4.84. The molecule has 9 nitrogen and oxygen atoms in total. The molecule has 0 aliphatic rings. The van der Waals surface area contributed by atoms with Crippen LogP contribution < -0.4 is 20.6 Å². The van der Waals surface area contributed by atoms with Crippen molar-refractivity contribution in [3.8, 4) is 17.5 Å². The van der Waals surface area contributed by atoms with E-state index in [4.69, 9.17) is 4.74 Å². The van der Waals surface area contributed by atoms with E-state index in [9.17, 15) is 14.9 Å². The molecule has 0 atom stereocenters. The summed E-state index contributed by atoms with van der Waals surface area (Å²) in [5.41, 5.74) is 4.00. The van der Waals surface area contributed by atoms with Gasteiger partial charge in [0.05, 0.1) is 18.5 Å². The van der Waals surface area contributed by atoms with E-state index >= 15 is 0 Å². The topological polar surface area (TPSA) is 113 Å². The molecule has 0 spiro atoms. The Labute approximate surface area is 191 Å². The summed E-state index contributed by atoms with van der Waals surface area (Å²) in [5, 5.41) is 17.7. The number of nitrogens with one attached hydrogen (secondary N) is 1.